The van der Waals surface area contributed by atoms with Crippen molar-refractivity contribution in [1.82, 2.24) is 19.4 Å². The van der Waals surface area contributed by atoms with Crippen LogP contribution in [-0.4, -0.2) is 71.7 Å². The number of carbonyl (C=O) groups excluding carboxylic acids is 1. The fraction of sp³-hybridized carbons (Fsp3) is 0.765. The highest BCUT2D eigenvalue weighted by molar-refractivity contribution is 5.81. The Labute approximate surface area is 138 Å². The van der Waals surface area contributed by atoms with Gasteiger partial charge in [0, 0.05) is 51.1 Å². The van der Waals surface area contributed by atoms with E-state index in [4.69, 9.17) is 4.74 Å². The number of hydrogen-bond donors (Lipinski definition) is 0. The van der Waals surface area contributed by atoms with Crippen molar-refractivity contribution in [3.63, 3.8) is 0 Å². The van der Waals surface area contributed by atoms with Crippen LogP contribution in [0.4, 0.5) is 0 Å². The smallest absolute Gasteiger partial charge is 0.251 e. The first kappa shape index (κ1) is 16.5. The summed E-state index contributed by atoms with van der Waals surface area (Å²) in [5.74, 6) is 1.83. The number of nitrogens with zero attached hydrogens (tertiary/aromatic N) is 4. The van der Waals surface area contributed by atoms with Gasteiger partial charge >= 0.3 is 0 Å². The van der Waals surface area contributed by atoms with Gasteiger partial charge in [0.15, 0.2) is 0 Å². The van der Waals surface area contributed by atoms with Gasteiger partial charge < -0.3 is 19.1 Å². The summed E-state index contributed by atoms with van der Waals surface area (Å²) in [7, 11) is 4.18. The Kier molecular flexibility index (Phi) is 5.33. The van der Waals surface area contributed by atoms with E-state index in [-0.39, 0.29) is 12.0 Å². The molecule has 0 spiro atoms. The van der Waals surface area contributed by atoms with E-state index in [1.165, 1.54) is 5.82 Å². The Morgan fingerprint density at radius 1 is 1.35 bits per heavy atom. The number of carbonyl (C=O) groups is 1. The van der Waals surface area contributed by atoms with Crippen LogP contribution >= 0.6 is 0 Å². The zero-order valence-corrected chi connectivity index (χ0v) is 14.3. The van der Waals surface area contributed by atoms with Crippen molar-refractivity contribution in [3.05, 3.63) is 18.2 Å². The van der Waals surface area contributed by atoms with Gasteiger partial charge in [-0.2, -0.15) is 0 Å². The number of piperidine rings is 1. The van der Waals surface area contributed by atoms with Crippen molar-refractivity contribution in [2.75, 3.05) is 40.3 Å². The zero-order chi connectivity index (χ0) is 16.2. The fourth-order valence-corrected chi connectivity index (χ4v) is 3.51. The van der Waals surface area contributed by atoms with Crippen LogP contribution in [0.3, 0.4) is 0 Å². The molecule has 2 aliphatic heterocycles. The van der Waals surface area contributed by atoms with E-state index >= 15 is 0 Å². The summed E-state index contributed by atoms with van der Waals surface area (Å²) in [6.07, 6.45) is 7.67. The second-order valence-electron chi connectivity index (χ2n) is 6.88. The molecule has 0 unspecified atom stereocenters. The van der Waals surface area contributed by atoms with Crippen LogP contribution in [0.1, 0.15) is 37.4 Å². The zero-order valence-electron chi connectivity index (χ0n) is 14.3. The molecule has 1 amide bonds. The van der Waals surface area contributed by atoms with Gasteiger partial charge in [-0.25, -0.2) is 4.98 Å². The van der Waals surface area contributed by atoms with Crippen molar-refractivity contribution in [3.8, 4) is 0 Å². The Balaban J connectivity index is 1.54. The first-order chi connectivity index (χ1) is 11.1. The standard InChI is InChI=1S/C17H28N4O2/c1-19(2)11-12-20-10-7-18-16(20)14-5-8-21(9-6-14)17(22)15-4-3-13-23-15/h7,10,14-15H,3-6,8-9,11-13H2,1-2H3/t15-/m1/s1. The lowest BCUT2D eigenvalue weighted by Gasteiger charge is -2.33. The highest BCUT2D eigenvalue weighted by atomic mass is 16.5. The van der Waals surface area contributed by atoms with Crippen LogP contribution in [0.2, 0.25) is 0 Å². The summed E-state index contributed by atoms with van der Waals surface area (Å²) >= 11 is 0. The van der Waals surface area contributed by atoms with Crippen molar-refractivity contribution in [1.29, 1.82) is 0 Å². The molecule has 6 heteroatoms. The van der Waals surface area contributed by atoms with Crippen LogP contribution in [0, 0.1) is 0 Å². The number of likely N-dealkylation sites (tertiary alicyclic amines) is 1. The summed E-state index contributed by atoms with van der Waals surface area (Å²) in [6, 6.07) is 0. The van der Waals surface area contributed by atoms with E-state index in [0.717, 1.165) is 58.5 Å². The van der Waals surface area contributed by atoms with Crippen molar-refractivity contribution in [2.45, 2.75) is 44.2 Å². The molecule has 2 saturated heterocycles. The first-order valence-corrected chi connectivity index (χ1v) is 8.71. The van der Waals surface area contributed by atoms with E-state index in [9.17, 15) is 4.79 Å². The predicted octanol–water partition coefficient (Wildman–Crippen LogP) is 1.33. The molecule has 0 aliphatic carbocycles. The molecule has 0 saturated carbocycles. The topological polar surface area (TPSA) is 50.6 Å². The van der Waals surface area contributed by atoms with Crippen LogP contribution in [0.5, 0.6) is 0 Å². The largest absolute Gasteiger partial charge is 0.368 e. The minimum atomic E-state index is -0.186. The maximum absolute atomic E-state index is 12.4. The number of ether oxygens (including phenoxy) is 1. The third kappa shape index (κ3) is 3.93. The molecule has 0 N–H and O–H groups in total. The summed E-state index contributed by atoms with van der Waals surface area (Å²) < 4.78 is 7.79. The predicted molar refractivity (Wildman–Crippen MR) is 88.3 cm³/mol. The second kappa shape index (κ2) is 7.45. The third-order valence-electron chi connectivity index (χ3n) is 4.91. The molecule has 6 nitrogen and oxygen atoms in total. The van der Waals surface area contributed by atoms with Gasteiger partial charge in [0.05, 0.1) is 0 Å². The average molecular weight is 320 g/mol. The molecule has 0 radical (unpaired) electrons. The Morgan fingerprint density at radius 2 is 2.13 bits per heavy atom. The number of hydrogen-bond acceptors (Lipinski definition) is 4. The number of rotatable bonds is 5. The summed E-state index contributed by atoms with van der Waals surface area (Å²) in [6.45, 7) is 4.36. The minimum absolute atomic E-state index is 0.186. The molecular formula is C17H28N4O2. The molecule has 3 heterocycles. The average Bonchev–Trinajstić information content (AvgIpc) is 3.24. The number of imidazole rings is 1. The van der Waals surface area contributed by atoms with E-state index in [0.29, 0.717) is 5.92 Å². The van der Waals surface area contributed by atoms with E-state index in [1.807, 2.05) is 11.1 Å². The van der Waals surface area contributed by atoms with Gasteiger partial charge in [0.25, 0.3) is 5.91 Å². The van der Waals surface area contributed by atoms with E-state index in [2.05, 4.69) is 34.7 Å². The summed E-state index contributed by atoms with van der Waals surface area (Å²) in [4.78, 5) is 21.2. The van der Waals surface area contributed by atoms with Gasteiger partial charge in [-0.1, -0.05) is 0 Å². The highest BCUT2D eigenvalue weighted by Gasteiger charge is 2.32. The first-order valence-electron chi connectivity index (χ1n) is 8.71. The van der Waals surface area contributed by atoms with Gasteiger partial charge in [0.2, 0.25) is 0 Å². The molecule has 1 aromatic rings. The van der Waals surface area contributed by atoms with E-state index in [1.54, 1.807) is 0 Å². The van der Waals surface area contributed by atoms with Gasteiger partial charge in [-0.05, 0) is 39.8 Å². The molecule has 128 valence electrons. The van der Waals surface area contributed by atoms with Gasteiger partial charge in [-0.15, -0.1) is 0 Å². The van der Waals surface area contributed by atoms with Gasteiger partial charge in [-0.3, -0.25) is 4.79 Å². The molecule has 1 aromatic heterocycles. The molecule has 3 rings (SSSR count). The molecule has 23 heavy (non-hydrogen) atoms. The normalized spacial score (nSPS) is 22.9. The number of aromatic nitrogens is 2. The number of amides is 1. The quantitative estimate of drug-likeness (QED) is 0.821. The highest BCUT2D eigenvalue weighted by Crippen LogP contribution is 2.28. The molecule has 1 atom stereocenters. The lowest BCUT2D eigenvalue weighted by Crippen LogP contribution is -2.43. The van der Waals surface area contributed by atoms with Crippen LogP contribution in [-0.2, 0) is 16.1 Å². The summed E-state index contributed by atoms with van der Waals surface area (Å²) in [5, 5.41) is 0. The number of likely N-dealkylation sites (N-methyl/N-ethyl adjacent to an activating group) is 1. The van der Waals surface area contributed by atoms with Gasteiger partial charge in [0.1, 0.15) is 11.9 Å². The second-order valence-corrected chi connectivity index (χ2v) is 6.88. The third-order valence-corrected chi connectivity index (χ3v) is 4.91. The van der Waals surface area contributed by atoms with Crippen LogP contribution in [0.15, 0.2) is 12.4 Å². The van der Waals surface area contributed by atoms with Crippen LogP contribution < -0.4 is 0 Å². The lowest BCUT2D eigenvalue weighted by atomic mass is 9.95. The maximum atomic E-state index is 12.4. The van der Waals surface area contributed by atoms with E-state index < -0.39 is 0 Å². The van der Waals surface area contributed by atoms with Crippen molar-refractivity contribution < 1.29 is 9.53 Å². The Hall–Kier alpha value is -1.40. The Bertz CT molecular complexity index is 514. The van der Waals surface area contributed by atoms with Crippen LogP contribution in [0.25, 0.3) is 0 Å². The molecular weight excluding hydrogens is 292 g/mol. The SMILES string of the molecule is CN(C)CCn1ccnc1C1CCN(C(=O)[C@H]2CCCO2)CC1. The maximum Gasteiger partial charge on any atom is 0.251 e. The van der Waals surface area contributed by atoms with Crippen molar-refractivity contribution >= 4 is 5.91 Å². The molecule has 2 fully saturated rings. The molecule has 0 bridgehead atoms. The van der Waals surface area contributed by atoms with Crippen molar-refractivity contribution in [2.24, 2.45) is 0 Å². The summed E-state index contributed by atoms with van der Waals surface area (Å²) in [5.41, 5.74) is 0. The molecule has 2 aliphatic rings. The lowest BCUT2D eigenvalue weighted by molar-refractivity contribution is -0.142. The minimum Gasteiger partial charge on any atom is -0.368 e. The Morgan fingerprint density at radius 3 is 2.78 bits per heavy atom. The fourth-order valence-electron chi connectivity index (χ4n) is 3.51. The monoisotopic (exact) mass is 320 g/mol. The molecule has 0 aromatic carbocycles.